The highest BCUT2D eigenvalue weighted by Crippen LogP contribution is 2.22. The van der Waals surface area contributed by atoms with Gasteiger partial charge >= 0.3 is 0 Å². The highest BCUT2D eigenvalue weighted by atomic mass is 32.2. The third-order valence-corrected chi connectivity index (χ3v) is 5.97. The molecule has 5 nitrogen and oxygen atoms in total. The summed E-state index contributed by atoms with van der Waals surface area (Å²) in [6, 6.07) is 2.62. The molecule has 2 saturated heterocycles. The largest absolute Gasteiger partial charge is 0.337 e. The second-order valence-electron chi connectivity index (χ2n) is 6.90. The maximum absolute atomic E-state index is 12.8. The van der Waals surface area contributed by atoms with E-state index in [-0.39, 0.29) is 5.91 Å². The first-order chi connectivity index (χ1) is 11.1. The van der Waals surface area contributed by atoms with Crippen LogP contribution in [0, 0.1) is 0 Å². The van der Waals surface area contributed by atoms with E-state index in [0.717, 1.165) is 37.3 Å². The maximum atomic E-state index is 12.8. The van der Waals surface area contributed by atoms with Crippen LogP contribution in [0.1, 0.15) is 48.8 Å². The molecule has 0 bridgehead atoms. The molecule has 0 unspecified atom stereocenters. The van der Waals surface area contributed by atoms with Crippen molar-refractivity contribution in [1.82, 2.24) is 19.6 Å². The number of thioether (sulfide) groups is 1. The average molecular weight is 337 g/mol. The Morgan fingerprint density at radius 2 is 1.87 bits per heavy atom. The van der Waals surface area contributed by atoms with Crippen molar-refractivity contribution in [2.24, 2.45) is 7.05 Å². The van der Waals surface area contributed by atoms with E-state index in [9.17, 15) is 4.79 Å². The molecule has 1 aromatic rings. The van der Waals surface area contributed by atoms with E-state index in [1.807, 2.05) is 18.0 Å². The van der Waals surface area contributed by atoms with Gasteiger partial charge in [0.1, 0.15) is 5.69 Å². The third kappa shape index (κ3) is 3.74. The summed E-state index contributed by atoms with van der Waals surface area (Å²) in [5.74, 6) is 3.00. The van der Waals surface area contributed by atoms with Crippen LogP contribution in [0.4, 0.5) is 0 Å². The van der Waals surface area contributed by atoms with Crippen LogP contribution in [-0.4, -0.2) is 69.2 Å². The van der Waals surface area contributed by atoms with Crippen molar-refractivity contribution >= 4 is 17.7 Å². The van der Waals surface area contributed by atoms with Gasteiger partial charge < -0.3 is 4.90 Å². The van der Waals surface area contributed by atoms with Gasteiger partial charge in [-0.1, -0.05) is 13.8 Å². The summed E-state index contributed by atoms with van der Waals surface area (Å²) in [6.07, 6.45) is 2.20. The van der Waals surface area contributed by atoms with E-state index in [2.05, 4.69) is 35.6 Å². The summed E-state index contributed by atoms with van der Waals surface area (Å²) in [4.78, 5) is 17.4. The molecule has 6 heteroatoms. The first-order valence-electron chi connectivity index (χ1n) is 8.71. The predicted molar refractivity (Wildman–Crippen MR) is 95.1 cm³/mol. The molecule has 2 aliphatic heterocycles. The van der Waals surface area contributed by atoms with Crippen molar-refractivity contribution in [3.63, 3.8) is 0 Å². The molecule has 1 amide bonds. The van der Waals surface area contributed by atoms with Crippen molar-refractivity contribution in [2.75, 3.05) is 37.7 Å². The van der Waals surface area contributed by atoms with Crippen LogP contribution >= 0.6 is 11.8 Å². The second kappa shape index (κ2) is 7.26. The van der Waals surface area contributed by atoms with Crippen molar-refractivity contribution in [1.29, 1.82) is 0 Å². The SMILES string of the molecule is CC(C)c1cc(C(=O)N2CCC(N3CCSCC3)CC2)n(C)n1. The fourth-order valence-electron chi connectivity index (χ4n) is 3.51. The molecule has 128 valence electrons. The standard InChI is InChI=1S/C17H28N4OS/c1-13(2)15-12-16(19(3)18-15)17(22)21-6-4-14(5-7-21)20-8-10-23-11-9-20/h12-14H,4-11H2,1-3H3. The minimum atomic E-state index is 0.138. The summed E-state index contributed by atoms with van der Waals surface area (Å²) in [5, 5.41) is 4.47. The van der Waals surface area contributed by atoms with Crippen LogP contribution < -0.4 is 0 Å². The fourth-order valence-corrected chi connectivity index (χ4v) is 4.44. The molecule has 1 aromatic heterocycles. The van der Waals surface area contributed by atoms with Gasteiger partial charge in [-0.15, -0.1) is 0 Å². The van der Waals surface area contributed by atoms with E-state index in [1.165, 1.54) is 24.6 Å². The van der Waals surface area contributed by atoms with Crippen LogP contribution in [0.25, 0.3) is 0 Å². The number of rotatable bonds is 3. The summed E-state index contributed by atoms with van der Waals surface area (Å²) >= 11 is 2.06. The molecule has 0 atom stereocenters. The van der Waals surface area contributed by atoms with Gasteiger partial charge in [0.05, 0.1) is 5.69 Å². The number of aryl methyl sites for hydroxylation is 1. The monoisotopic (exact) mass is 336 g/mol. The molecular formula is C17H28N4OS. The smallest absolute Gasteiger partial charge is 0.272 e. The Kier molecular flexibility index (Phi) is 5.31. The molecule has 2 fully saturated rings. The summed E-state index contributed by atoms with van der Waals surface area (Å²) in [5.41, 5.74) is 1.72. The highest BCUT2D eigenvalue weighted by Gasteiger charge is 2.29. The van der Waals surface area contributed by atoms with Gasteiger partial charge in [0.25, 0.3) is 5.91 Å². The maximum Gasteiger partial charge on any atom is 0.272 e. The zero-order valence-corrected chi connectivity index (χ0v) is 15.3. The number of hydrogen-bond acceptors (Lipinski definition) is 4. The summed E-state index contributed by atoms with van der Waals surface area (Å²) < 4.78 is 1.74. The summed E-state index contributed by atoms with van der Waals surface area (Å²) in [6.45, 7) is 8.38. The Morgan fingerprint density at radius 1 is 1.22 bits per heavy atom. The molecule has 3 heterocycles. The molecule has 0 aromatic carbocycles. The van der Waals surface area contributed by atoms with E-state index < -0.39 is 0 Å². The van der Waals surface area contributed by atoms with E-state index in [1.54, 1.807) is 4.68 Å². The fraction of sp³-hybridized carbons (Fsp3) is 0.765. The van der Waals surface area contributed by atoms with Gasteiger partial charge in [-0.25, -0.2) is 0 Å². The average Bonchev–Trinajstić information content (AvgIpc) is 2.97. The van der Waals surface area contributed by atoms with Gasteiger partial charge in [-0.3, -0.25) is 14.4 Å². The van der Waals surface area contributed by atoms with Gasteiger partial charge in [0.15, 0.2) is 0 Å². The second-order valence-corrected chi connectivity index (χ2v) is 8.13. The zero-order valence-electron chi connectivity index (χ0n) is 14.5. The third-order valence-electron chi connectivity index (χ3n) is 5.02. The minimum absolute atomic E-state index is 0.138. The number of nitrogens with zero attached hydrogens (tertiary/aromatic N) is 4. The Labute approximate surface area is 143 Å². The van der Waals surface area contributed by atoms with Crippen LogP contribution in [0.15, 0.2) is 6.07 Å². The number of hydrogen-bond donors (Lipinski definition) is 0. The van der Waals surface area contributed by atoms with Crippen molar-refractivity contribution < 1.29 is 4.79 Å². The Balaban J connectivity index is 1.59. The van der Waals surface area contributed by atoms with E-state index >= 15 is 0 Å². The molecule has 0 N–H and O–H groups in total. The zero-order chi connectivity index (χ0) is 16.4. The number of carbonyl (C=O) groups excluding carboxylic acids is 1. The van der Waals surface area contributed by atoms with Crippen molar-refractivity contribution in [2.45, 2.75) is 38.6 Å². The van der Waals surface area contributed by atoms with Crippen LogP contribution in [0.5, 0.6) is 0 Å². The molecule has 23 heavy (non-hydrogen) atoms. The molecule has 0 aliphatic carbocycles. The number of piperidine rings is 1. The van der Waals surface area contributed by atoms with Gasteiger partial charge in [-0.05, 0) is 24.8 Å². The first-order valence-corrected chi connectivity index (χ1v) is 9.86. The number of likely N-dealkylation sites (tertiary alicyclic amines) is 1. The Bertz CT molecular complexity index is 543. The van der Waals surface area contributed by atoms with Crippen LogP contribution in [-0.2, 0) is 7.05 Å². The number of aromatic nitrogens is 2. The first kappa shape index (κ1) is 16.8. The van der Waals surface area contributed by atoms with Crippen molar-refractivity contribution in [3.8, 4) is 0 Å². The minimum Gasteiger partial charge on any atom is -0.337 e. The molecule has 0 saturated carbocycles. The number of carbonyl (C=O) groups is 1. The molecule has 0 spiro atoms. The Hall–Kier alpha value is -1.01. The van der Waals surface area contributed by atoms with E-state index in [0.29, 0.717) is 12.0 Å². The van der Waals surface area contributed by atoms with Gasteiger partial charge in [-0.2, -0.15) is 16.9 Å². The highest BCUT2D eigenvalue weighted by molar-refractivity contribution is 7.99. The van der Waals surface area contributed by atoms with Gasteiger partial charge in [0.2, 0.25) is 0 Å². The number of amides is 1. The van der Waals surface area contributed by atoms with Crippen LogP contribution in [0.3, 0.4) is 0 Å². The van der Waals surface area contributed by atoms with Gasteiger partial charge in [0, 0.05) is 50.8 Å². The lowest BCUT2D eigenvalue weighted by molar-refractivity contribution is 0.0620. The molecule has 3 rings (SSSR count). The lowest BCUT2D eigenvalue weighted by Gasteiger charge is -2.40. The predicted octanol–water partition coefficient (Wildman–Crippen LogP) is 2.20. The molecule has 0 radical (unpaired) electrons. The molecular weight excluding hydrogens is 308 g/mol. The lowest BCUT2D eigenvalue weighted by atomic mass is 10.0. The normalized spacial score (nSPS) is 21.1. The molecule has 2 aliphatic rings. The van der Waals surface area contributed by atoms with Crippen molar-refractivity contribution in [3.05, 3.63) is 17.5 Å². The van der Waals surface area contributed by atoms with E-state index in [4.69, 9.17) is 0 Å². The summed E-state index contributed by atoms with van der Waals surface area (Å²) in [7, 11) is 1.87. The Morgan fingerprint density at radius 3 is 2.43 bits per heavy atom. The topological polar surface area (TPSA) is 41.4 Å². The van der Waals surface area contributed by atoms with Crippen LogP contribution in [0.2, 0.25) is 0 Å². The lowest BCUT2D eigenvalue weighted by Crippen LogP contribution is -2.49. The quantitative estimate of drug-likeness (QED) is 0.848.